The van der Waals surface area contributed by atoms with E-state index in [1.165, 1.54) is 110 Å². The third kappa shape index (κ3) is 7.04. The molecule has 0 atom stereocenters. The Morgan fingerprint density at radius 3 is 1.17 bits per heavy atom. The third-order valence-corrected chi connectivity index (χ3v) is 16.3. The Morgan fingerprint density at radius 1 is 0.366 bits per heavy atom. The van der Waals surface area contributed by atoms with Gasteiger partial charge in [0.1, 0.15) is 0 Å². The average molecular weight is 921 g/mol. The van der Waals surface area contributed by atoms with Crippen LogP contribution >= 0.6 is 0 Å². The van der Waals surface area contributed by atoms with Gasteiger partial charge in [-0.2, -0.15) is 0 Å². The molecule has 0 unspecified atom stereocenters. The molecule has 0 aliphatic heterocycles. The van der Waals surface area contributed by atoms with Gasteiger partial charge in [0.25, 0.3) is 0 Å². The van der Waals surface area contributed by atoms with E-state index in [1.54, 1.807) is 0 Å². The van der Waals surface area contributed by atoms with Crippen LogP contribution in [0.1, 0.15) is 113 Å². The highest BCUT2D eigenvalue weighted by atomic mass is 15.2. The summed E-state index contributed by atoms with van der Waals surface area (Å²) in [7, 11) is 0. The van der Waals surface area contributed by atoms with E-state index >= 15 is 0 Å². The standard InChI is InChI=1S/C69H64N2/c1-42(2)45-22-26-47(27-23-45)70(49-30-34-53-51-16-12-14-18-61(51)68(8,9)63(53)38-49)65-40-59-58-37-44(4)21-33-56(58)66(41-60(59)57-36-43(3)20-32-55(57)65)71(48-28-24-46(25-29-48)67(5,6)7)50-31-35-54-52-17-13-15-19-62(52)69(10,11)64(54)39-50/h12-42H,1-11H3. The number of hydrogen-bond donors (Lipinski definition) is 0. The lowest BCUT2D eigenvalue weighted by Crippen LogP contribution is -2.17. The van der Waals surface area contributed by atoms with Crippen molar-refractivity contribution in [2.24, 2.45) is 0 Å². The summed E-state index contributed by atoms with van der Waals surface area (Å²) in [5, 5.41) is 7.41. The second-order valence-electron chi connectivity index (χ2n) is 23.0. The molecule has 2 nitrogen and oxygen atoms in total. The SMILES string of the molecule is Cc1ccc2c(N(c3ccc(C(C)C)cc3)c3ccc4c(c3)C(C)(C)c3ccccc3-4)cc3c4cc(C)ccc4c(N(c4ccc(C(C)(C)C)cc4)c4ccc5c(c4)C(C)(C)c4ccccc4-5)cc3c2c1. The molecule has 12 rings (SSSR count). The molecule has 2 aliphatic carbocycles. The smallest absolute Gasteiger partial charge is 0.0546 e. The van der Waals surface area contributed by atoms with E-state index in [4.69, 9.17) is 0 Å². The van der Waals surface area contributed by atoms with Gasteiger partial charge in [0.05, 0.1) is 11.4 Å². The highest BCUT2D eigenvalue weighted by Gasteiger charge is 2.37. The number of anilines is 6. The number of benzene rings is 10. The predicted molar refractivity (Wildman–Crippen MR) is 306 cm³/mol. The Bertz CT molecular complexity index is 3780. The van der Waals surface area contributed by atoms with Gasteiger partial charge in [0.2, 0.25) is 0 Å². The van der Waals surface area contributed by atoms with Gasteiger partial charge >= 0.3 is 0 Å². The molecule has 0 saturated carbocycles. The van der Waals surface area contributed by atoms with Gasteiger partial charge in [0.15, 0.2) is 0 Å². The van der Waals surface area contributed by atoms with Crippen molar-refractivity contribution in [1.29, 1.82) is 0 Å². The minimum Gasteiger partial charge on any atom is -0.310 e. The quantitative estimate of drug-likeness (QED) is 0.147. The highest BCUT2D eigenvalue weighted by molar-refractivity contribution is 6.25. The predicted octanol–water partition coefficient (Wildman–Crippen LogP) is 19.7. The van der Waals surface area contributed by atoms with E-state index in [1.807, 2.05) is 0 Å². The van der Waals surface area contributed by atoms with Crippen molar-refractivity contribution in [3.05, 3.63) is 226 Å². The maximum atomic E-state index is 2.53. The maximum Gasteiger partial charge on any atom is 0.0546 e. The number of nitrogens with zero attached hydrogens (tertiary/aromatic N) is 2. The first-order valence-electron chi connectivity index (χ1n) is 25.7. The van der Waals surface area contributed by atoms with Crippen LogP contribution in [0.5, 0.6) is 0 Å². The van der Waals surface area contributed by atoms with Crippen molar-refractivity contribution in [1.82, 2.24) is 0 Å². The Balaban J connectivity index is 1.13. The summed E-state index contributed by atoms with van der Waals surface area (Å²) >= 11 is 0. The van der Waals surface area contributed by atoms with Crippen molar-refractivity contribution in [3.8, 4) is 22.3 Å². The third-order valence-electron chi connectivity index (χ3n) is 16.3. The molecule has 0 radical (unpaired) electrons. The van der Waals surface area contributed by atoms with Crippen molar-refractivity contribution in [2.75, 3.05) is 9.80 Å². The second kappa shape index (κ2) is 16.1. The molecule has 0 spiro atoms. The normalized spacial score (nSPS) is 14.2. The van der Waals surface area contributed by atoms with Crippen molar-refractivity contribution >= 4 is 66.4 Å². The summed E-state index contributed by atoms with van der Waals surface area (Å²) in [5.74, 6) is 0.431. The fourth-order valence-corrected chi connectivity index (χ4v) is 12.2. The average Bonchev–Trinajstić information content (AvgIpc) is 3.73. The molecular weight excluding hydrogens is 857 g/mol. The van der Waals surface area contributed by atoms with Crippen LogP contribution in [0, 0.1) is 13.8 Å². The van der Waals surface area contributed by atoms with E-state index in [9.17, 15) is 0 Å². The van der Waals surface area contributed by atoms with Gasteiger partial charge in [-0.25, -0.2) is 0 Å². The molecule has 2 aliphatic rings. The lowest BCUT2D eigenvalue weighted by atomic mass is 9.82. The van der Waals surface area contributed by atoms with Crippen molar-refractivity contribution in [3.63, 3.8) is 0 Å². The zero-order valence-corrected chi connectivity index (χ0v) is 43.3. The van der Waals surface area contributed by atoms with Gasteiger partial charge in [-0.3, -0.25) is 0 Å². The molecule has 0 bridgehead atoms. The van der Waals surface area contributed by atoms with Crippen LogP contribution in [0.15, 0.2) is 182 Å². The van der Waals surface area contributed by atoms with E-state index in [0.29, 0.717) is 5.92 Å². The van der Waals surface area contributed by atoms with E-state index in [-0.39, 0.29) is 16.2 Å². The minimum absolute atomic E-state index is 0.0275. The molecule has 0 fully saturated rings. The summed E-state index contributed by atoms with van der Waals surface area (Å²) in [5.41, 5.74) is 22.6. The molecule has 0 saturated heterocycles. The number of aryl methyl sites for hydroxylation is 2. The second-order valence-corrected chi connectivity index (χ2v) is 23.0. The fourth-order valence-electron chi connectivity index (χ4n) is 12.2. The molecule has 10 aromatic carbocycles. The first-order valence-corrected chi connectivity index (χ1v) is 25.7. The largest absolute Gasteiger partial charge is 0.310 e. The summed E-state index contributed by atoms with van der Waals surface area (Å²) in [4.78, 5) is 5.06. The first-order chi connectivity index (χ1) is 34.0. The van der Waals surface area contributed by atoms with Crippen LogP contribution in [-0.2, 0) is 16.2 Å². The van der Waals surface area contributed by atoms with Crippen LogP contribution in [0.3, 0.4) is 0 Å². The van der Waals surface area contributed by atoms with E-state index < -0.39 is 0 Å². The van der Waals surface area contributed by atoms with Gasteiger partial charge in [-0.05, 0) is 163 Å². The molecule has 0 heterocycles. The minimum atomic E-state index is -0.143. The lowest BCUT2D eigenvalue weighted by molar-refractivity contribution is 0.590. The Hall–Kier alpha value is -7.42. The van der Waals surface area contributed by atoms with Crippen molar-refractivity contribution in [2.45, 2.75) is 98.3 Å². The monoisotopic (exact) mass is 921 g/mol. The summed E-state index contributed by atoms with van der Waals surface area (Å²) in [6.07, 6.45) is 0. The van der Waals surface area contributed by atoms with E-state index in [0.717, 1.165) is 22.7 Å². The maximum absolute atomic E-state index is 2.53. The van der Waals surface area contributed by atoms with Gasteiger partial charge in [0, 0.05) is 44.4 Å². The van der Waals surface area contributed by atoms with Gasteiger partial charge in [-0.15, -0.1) is 0 Å². The van der Waals surface area contributed by atoms with Crippen molar-refractivity contribution < 1.29 is 0 Å². The fraction of sp³-hybridized carbons (Fsp3) is 0.217. The molecule has 0 N–H and O–H groups in total. The van der Waals surface area contributed by atoms with Crippen LogP contribution in [0.25, 0.3) is 54.6 Å². The number of hydrogen-bond acceptors (Lipinski definition) is 2. The highest BCUT2D eigenvalue weighted by Crippen LogP contribution is 2.54. The molecule has 71 heavy (non-hydrogen) atoms. The molecule has 0 aromatic heterocycles. The van der Waals surface area contributed by atoms with Crippen LogP contribution < -0.4 is 9.80 Å². The molecule has 10 aromatic rings. The lowest BCUT2D eigenvalue weighted by Gasteiger charge is -2.31. The summed E-state index contributed by atoms with van der Waals surface area (Å²) in [6.45, 7) is 25.5. The molecule has 350 valence electrons. The summed E-state index contributed by atoms with van der Waals surface area (Å²) < 4.78 is 0. The number of fused-ring (bicyclic) bond motifs is 11. The Kier molecular flexibility index (Phi) is 10.1. The van der Waals surface area contributed by atoms with Gasteiger partial charge in [-0.1, -0.05) is 195 Å². The topological polar surface area (TPSA) is 6.48 Å². The van der Waals surface area contributed by atoms with Crippen LogP contribution in [-0.4, -0.2) is 0 Å². The molecule has 2 heteroatoms. The molecule has 0 amide bonds. The zero-order chi connectivity index (χ0) is 49.3. The van der Waals surface area contributed by atoms with Gasteiger partial charge < -0.3 is 9.80 Å². The van der Waals surface area contributed by atoms with E-state index in [2.05, 4.69) is 268 Å². The Morgan fingerprint density at radius 2 is 0.746 bits per heavy atom. The van der Waals surface area contributed by atoms with Crippen LogP contribution in [0.4, 0.5) is 34.1 Å². The molecular formula is C69H64N2. The summed E-state index contributed by atoms with van der Waals surface area (Å²) in [6, 6.07) is 70.1. The zero-order valence-electron chi connectivity index (χ0n) is 43.3. The number of rotatable bonds is 7. The Labute approximate surface area is 421 Å². The van der Waals surface area contributed by atoms with Crippen LogP contribution in [0.2, 0.25) is 0 Å². The first kappa shape index (κ1) is 44.8.